The first-order valence-corrected chi connectivity index (χ1v) is 7.83. The number of aromatic nitrogens is 1. The number of aryl methyl sites for hydroxylation is 1. The first-order chi connectivity index (χ1) is 12.3. The Labute approximate surface area is 146 Å². The molecule has 1 heterocycles. The Kier molecular flexibility index (Phi) is 4.54. The first kappa shape index (κ1) is 17.7. The summed E-state index contributed by atoms with van der Waals surface area (Å²) in [4.78, 5) is 27.0. The van der Waals surface area contributed by atoms with Crippen LogP contribution in [0.3, 0.4) is 0 Å². The fraction of sp³-hybridized carbons (Fsp3) is 0.158. The van der Waals surface area contributed by atoms with Crippen molar-refractivity contribution < 1.29 is 18.0 Å². The molecule has 1 aromatic heterocycles. The molecule has 4 nitrogen and oxygen atoms in total. The summed E-state index contributed by atoms with van der Waals surface area (Å²) in [6.45, 7) is 1.85. The molecule has 3 rings (SSSR count). The lowest BCUT2D eigenvalue weighted by Gasteiger charge is -2.09. The van der Waals surface area contributed by atoms with Gasteiger partial charge in [-0.3, -0.25) is 9.59 Å². The predicted octanol–water partition coefficient (Wildman–Crippen LogP) is 3.79. The maximum absolute atomic E-state index is 12.6. The van der Waals surface area contributed by atoms with Gasteiger partial charge in [-0.25, -0.2) is 0 Å². The Morgan fingerprint density at radius 1 is 1.12 bits per heavy atom. The fourth-order valence-corrected chi connectivity index (χ4v) is 2.65. The van der Waals surface area contributed by atoms with Crippen LogP contribution in [0.2, 0.25) is 0 Å². The number of alkyl halides is 3. The van der Waals surface area contributed by atoms with Crippen molar-refractivity contribution in [1.29, 1.82) is 0 Å². The van der Waals surface area contributed by atoms with Crippen molar-refractivity contribution in [1.82, 2.24) is 10.3 Å². The van der Waals surface area contributed by atoms with Crippen molar-refractivity contribution in [2.45, 2.75) is 19.6 Å². The van der Waals surface area contributed by atoms with E-state index >= 15 is 0 Å². The van der Waals surface area contributed by atoms with E-state index in [4.69, 9.17) is 0 Å². The fourth-order valence-electron chi connectivity index (χ4n) is 2.65. The molecule has 2 N–H and O–H groups in total. The van der Waals surface area contributed by atoms with Crippen molar-refractivity contribution in [2.24, 2.45) is 0 Å². The highest BCUT2D eigenvalue weighted by molar-refractivity contribution is 5.94. The van der Waals surface area contributed by atoms with Gasteiger partial charge in [0.25, 0.3) is 11.5 Å². The van der Waals surface area contributed by atoms with Gasteiger partial charge in [0.1, 0.15) is 0 Å². The zero-order valence-corrected chi connectivity index (χ0v) is 13.8. The van der Waals surface area contributed by atoms with Gasteiger partial charge in [0.2, 0.25) is 0 Å². The topological polar surface area (TPSA) is 62.0 Å². The number of para-hydroxylation sites is 1. The van der Waals surface area contributed by atoms with Crippen LogP contribution in [0.15, 0.2) is 53.3 Å². The molecule has 2 aromatic carbocycles. The second-order valence-corrected chi connectivity index (χ2v) is 5.92. The van der Waals surface area contributed by atoms with Crippen LogP contribution in [0.5, 0.6) is 0 Å². The molecule has 134 valence electrons. The molecule has 0 aliphatic rings. The van der Waals surface area contributed by atoms with Gasteiger partial charge < -0.3 is 10.3 Å². The van der Waals surface area contributed by atoms with Crippen LogP contribution in [0.4, 0.5) is 13.2 Å². The number of fused-ring (bicyclic) bond motifs is 1. The smallest absolute Gasteiger partial charge is 0.348 e. The Hall–Kier alpha value is -3.09. The van der Waals surface area contributed by atoms with Crippen molar-refractivity contribution in [2.75, 3.05) is 0 Å². The Morgan fingerprint density at radius 2 is 1.81 bits per heavy atom. The molecular formula is C19H15F3N2O2. The summed E-state index contributed by atoms with van der Waals surface area (Å²) in [5.74, 6) is -0.553. The van der Waals surface area contributed by atoms with E-state index in [0.717, 1.165) is 40.7 Å². The Bertz CT molecular complexity index is 1020. The van der Waals surface area contributed by atoms with Crippen LogP contribution in [-0.2, 0) is 12.7 Å². The molecule has 0 fully saturated rings. The zero-order valence-electron chi connectivity index (χ0n) is 13.8. The van der Waals surface area contributed by atoms with Crippen LogP contribution in [0.1, 0.15) is 27.0 Å². The number of carbonyl (C=O) groups is 1. The predicted molar refractivity (Wildman–Crippen MR) is 91.9 cm³/mol. The van der Waals surface area contributed by atoms with Gasteiger partial charge in [-0.15, -0.1) is 0 Å². The maximum atomic E-state index is 12.6. The first-order valence-electron chi connectivity index (χ1n) is 7.83. The van der Waals surface area contributed by atoms with Crippen molar-refractivity contribution in [3.63, 3.8) is 0 Å². The molecule has 0 aliphatic heterocycles. The number of nitrogens with one attached hydrogen (secondary N) is 2. The van der Waals surface area contributed by atoms with Crippen LogP contribution in [0, 0.1) is 6.92 Å². The summed E-state index contributed by atoms with van der Waals surface area (Å²) in [5.41, 5.74) is 0.972. The van der Waals surface area contributed by atoms with E-state index in [1.807, 2.05) is 25.1 Å². The average molecular weight is 360 g/mol. The highest BCUT2D eigenvalue weighted by Gasteiger charge is 2.30. The molecule has 0 radical (unpaired) electrons. The average Bonchev–Trinajstić information content (AvgIpc) is 2.60. The monoisotopic (exact) mass is 360 g/mol. The maximum Gasteiger partial charge on any atom is 0.416 e. The standard InChI is InChI=1S/C19H15F3N2O2/c1-11-3-2-4-13-9-14(18(26)24-16(11)13)10-23-17(25)12-5-7-15(8-6-12)19(20,21)22/h2-9H,10H2,1H3,(H,23,25)(H,24,26). The van der Waals surface area contributed by atoms with Gasteiger partial charge in [0.05, 0.1) is 11.1 Å². The van der Waals surface area contributed by atoms with E-state index in [9.17, 15) is 22.8 Å². The quantitative estimate of drug-likeness (QED) is 0.747. The second kappa shape index (κ2) is 6.67. The van der Waals surface area contributed by atoms with Crippen molar-refractivity contribution >= 4 is 16.8 Å². The number of amides is 1. The molecule has 0 saturated carbocycles. The molecule has 26 heavy (non-hydrogen) atoms. The van der Waals surface area contributed by atoms with E-state index in [1.54, 1.807) is 6.07 Å². The number of rotatable bonds is 3. The molecule has 0 spiro atoms. The lowest BCUT2D eigenvalue weighted by Crippen LogP contribution is -2.26. The van der Waals surface area contributed by atoms with Crippen molar-refractivity contribution in [3.8, 4) is 0 Å². The van der Waals surface area contributed by atoms with E-state index < -0.39 is 17.6 Å². The van der Waals surface area contributed by atoms with Crippen LogP contribution < -0.4 is 10.9 Å². The van der Waals surface area contributed by atoms with Crippen LogP contribution >= 0.6 is 0 Å². The van der Waals surface area contributed by atoms with E-state index in [2.05, 4.69) is 10.3 Å². The van der Waals surface area contributed by atoms with E-state index in [1.165, 1.54) is 0 Å². The van der Waals surface area contributed by atoms with Gasteiger partial charge in [-0.1, -0.05) is 18.2 Å². The van der Waals surface area contributed by atoms with Gasteiger partial charge >= 0.3 is 6.18 Å². The lowest BCUT2D eigenvalue weighted by atomic mass is 10.1. The molecular weight excluding hydrogens is 345 g/mol. The number of carbonyl (C=O) groups excluding carboxylic acids is 1. The molecule has 0 saturated heterocycles. The van der Waals surface area contributed by atoms with Gasteiger partial charge in [-0.2, -0.15) is 13.2 Å². The minimum Gasteiger partial charge on any atom is -0.348 e. The minimum atomic E-state index is -4.45. The molecule has 0 bridgehead atoms. The summed E-state index contributed by atoms with van der Waals surface area (Å²) in [6.07, 6.45) is -4.45. The van der Waals surface area contributed by atoms with Gasteiger partial charge in [0, 0.05) is 17.7 Å². The summed E-state index contributed by atoms with van der Waals surface area (Å²) in [5, 5.41) is 3.39. The highest BCUT2D eigenvalue weighted by atomic mass is 19.4. The molecule has 1 amide bonds. The zero-order chi connectivity index (χ0) is 18.9. The second-order valence-electron chi connectivity index (χ2n) is 5.92. The number of H-pyrrole nitrogens is 1. The number of halogens is 3. The number of hydrogen-bond acceptors (Lipinski definition) is 2. The third kappa shape index (κ3) is 3.61. The third-order valence-electron chi connectivity index (χ3n) is 4.08. The third-order valence-corrected chi connectivity index (χ3v) is 4.08. The molecule has 7 heteroatoms. The van der Waals surface area contributed by atoms with Crippen LogP contribution in [-0.4, -0.2) is 10.9 Å². The van der Waals surface area contributed by atoms with Crippen molar-refractivity contribution in [3.05, 3.63) is 81.1 Å². The number of aromatic amines is 1. The molecule has 0 unspecified atom stereocenters. The Morgan fingerprint density at radius 3 is 2.46 bits per heavy atom. The summed E-state index contributed by atoms with van der Waals surface area (Å²) >= 11 is 0. The summed E-state index contributed by atoms with van der Waals surface area (Å²) < 4.78 is 37.7. The lowest BCUT2D eigenvalue weighted by molar-refractivity contribution is -0.137. The number of hydrogen-bond donors (Lipinski definition) is 2. The number of benzene rings is 2. The normalized spacial score (nSPS) is 11.5. The molecule has 0 aliphatic carbocycles. The molecule has 3 aromatic rings. The summed E-state index contributed by atoms with van der Waals surface area (Å²) in [7, 11) is 0. The van der Waals surface area contributed by atoms with Gasteiger partial charge in [0.15, 0.2) is 0 Å². The molecule has 0 atom stereocenters. The largest absolute Gasteiger partial charge is 0.416 e. The van der Waals surface area contributed by atoms with Crippen LogP contribution in [0.25, 0.3) is 10.9 Å². The van der Waals surface area contributed by atoms with E-state index in [-0.39, 0.29) is 17.7 Å². The Balaban J connectivity index is 1.76. The SMILES string of the molecule is Cc1cccc2cc(CNC(=O)c3ccc(C(F)(F)F)cc3)c(=O)[nH]c12. The van der Waals surface area contributed by atoms with Gasteiger partial charge in [-0.05, 0) is 48.2 Å². The minimum absolute atomic E-state index is 0.0287. The number of pyridine rings is 1. The highest BCUT2D eigenvalue weighted by Crippen LogP contribution is 2.29. The summed E-state index contributed by atoms with van der Waals surface area (Å²) in [6, 6.07) is 11.2. The van der Waals surface area contributed by atoms with E-state index in [0.29, 0.717) is 5.56 Å².